The highest BCUT2D eigenvalue weighted by atomic mass is 16.5. The predicted octanol–water partition coefficient (Wildman–Crippen LogP) is 4.49. The SMILES string of the molecule is COc1cccc(-c2oc3ccccc3c2[C@@H]2C[C@H]2NC(=O)C2CC2)c1. The van der Waals surface area contributed by atoms with E-state index >= 15 is 0 Å². The number of amides is 1. The molecule has 0 bridgehead atoms. The van der Waals surface area contributed by atoms with Gasteiger partial charge in [-0.3, -0.25) is 4.79 Å². The summed E-state index contributed by atoms with van der Waals surface area (Å²) < 4.78 is 11.6. The van der Waals surface area contributed by atoms with E-state index < -0.39 is 0 Å². The fraction of sp³-hybridized carbons (Fsp3) is 0.318. The summed E-state index contributed by atoms with van der Waals surface area (Å²) in [5.74, 6) is 2.47. The molecule has 4 nitrogen and oxygen atoms in total. The van der Waals surface area contributed by atoms with Gasteiger partial charge in [0.05, 0.1) is 7.11 Å². The molecule has 1 amide bonds. The Bertz CT molecular complexity index is 986. The molecule has 2 fully saturated rings. The van der Waals surface area contributed by atoms with E-state index in [1.54, 1.807) is 7.11 Å². The van der Waals surface area contributed by atoms with Crippen molar-refractivity contribution >= 4 is 16.9 Å². The second-order valence-corrected chi connectivity index (χ2v) is 7.30. The summed E-state index contributed by atoms with van der Waals surface area (Å²) in [6, 6.07) is 16.3. The van der Waals surface area contributed by atoms with Crippen molar-refractivity contribution in [3.05, 3.63) is 54.1 Å². The molecule has 0 spiro atoms. The molecule has 0 aliphatic heterocycles. The van der Waals surface area contributed by atoms with Crippen LogP contribution >= 0.6 is 0 Å². The van der Waals surface area contributed by atoms with Crippen molar-refractivity contribution in [3.8, 4) is 17.1 Å². The lowest BCUT2D eigenvalue weighted by Gasteiger charge is -2.06. The topological polar surface area (TPSA) is 51.5 Å². The Balaban J connectivity index is 1.54. The van der Waals surface area contributed by atoms with E-state index in [0.29, 0.717) is 5.92 Å². The van der Waals surface area contributed by atoms with E-state index in [0.717, 1.165) is 47.3 Å². The van der Waals surface area contributed by atoms with Gasteiger partial charge in [0.1, 0.15) is 17.1 Å². The number of rotatable bonds is 5. The van der Waals surface area contributed by atoms with E-state index in [-0.39, 0.29) is 17.9 Å². The van der Waals surface area contributed by atoms with Crippen molar-refractivity contribution < 1.29 is 13.9 Å². The third-order valence-electron chi connectivity index (χ3n) is 5.40. The Kier molecular flexibility index (Phi) is 3.52. The van der Waals surface area contributed by atoms with Gasteiger partial charge in [-0.1, -0.05) is 30.3 Å². The third-order valence-corrected chi connectivity index (χ3v) is 5.40. The van der Waals surface area contributed by atoms with E-state index in [2.05, 4.69) is 11.4 Å². The van der Waals surface area contributed by atoms with Gasteiger partial charge in [-0.05, 0) is 37.5 Å². The first-order chi connectivity index (χ1) is 12.7. The van der Waals surface area contributed by atoms with E-state index in [1.807, 2.05) is 42.5 Å². The summed E-state index contributed by atoms with van der Waals surface area (Å²) in [6.07, 6.45) is 3.04. The maximum absolute atomic E-state index is 12.1. The van der Waals surface area contributed by atoms with Gasteiger partial charge in [0.15, 0.2) is 0 Å². The molecule has 2 saturated carbocycles. The fourth-order valence-corrected chi connectivity index (χ4v) is 3.73. The first-order valence-electron chi connectivity index (χ1n) is 9.21. The minimum absolute atomic E-state index is 0.216. The van der Waals surface area contributed by atoms with Gasteiger partial charge in [-0.2, -0.15) is 0 Å². The number of benzene rings is 2. The fourth-order valence-electron chi connectivity index (χ4n) is 3.73. The number of ether oxygens (including phenoxy) is 1. The van der Waals surface area contributed by atoms with Crippen LogP contribution in [0.2, 0.25) is 0 Å². The number of carbonyl (C=O) groups excluding carboxylic acids is 1. The number of para-hydroxylation sites is 1. The molecule has 4 heteroatoms. The molecular formula is C22H21NO3. The Morgan fingerprint density at radius 2 is 2.00 bits per heavy atom. The maximum atomic E-state index is 12.1. The second kappa shape index (κ2) is 5.90. The lowest BCUT2D eigenvalue weighted by Crippen LogP contribution is -2.27. The van der Waals surface area contributed by atoms with Gasteiger partial charge >= 0.3 is 0 Å². The van der Waals surface area contributed by atoms with Crippen molar-refractivity contribution in [1.82, 2.24) is 5.32 Å². The van der Waals surface area contributed by atoms with Crippen LogP contribution in [0.4, 0.5) is 0 Å². The lowest BCUT2D eigenvalue weighted by molar-refractivity contribution is -0.122. The van der Waals surface area contributed by atoms with Crippen LogP contribution in [0.5, 0.6) is 5.75 Å². The van der Waals surface area contributed by atoms with Crippen molar-refractivity contribution in [1.29, 1.82) is 0 Å². The second-order valence-electron chi connectivity index (χ2n) is 7.30. The highest BCUT2D eigenvalue weighted by Gasteiger charge is 2.45. The molecule has 3 aromatic rings. The average molecular weight is 347 g/mol. The zero-order valence-corrected chi connectivity index (χ0v) is 14.7. The monoisotopic (exact) mass is 347 g/mol. The van der Waals surface area contributed by atoms with Crippen molar-refractivity contribution in [2.24, 2.45) is 5.92 Å². The van der Waals surface area contributed by atoms with Crippen molar-refractivity contribution in [3.63, 3.8) is 0 Å². The molecule has 0 unspecified atom stereocenters. The number of methoxy groups -OCH3 is 1. The quantitative estimate of drug-likeness (QED) is 0.740. The van der Waals surface area contributed by atoms with Crippen LogP contribution in [0.25, 0.3) is 22.3 Å². The molecular weight excluding hydrogens is 326 g/mol. The van der Waals surface area contributed by atoms with Gasteiger partial charge in [0, 0.05) is 34.4 Å². The number of nitrogens with one attached hydrogen (secondary N) is 1. The molecule has 132 valence electrons. The first-order valence-corrected chi connectivity index (χ1v) is 9.21. The first kappa shape index (κ1) is 15.5. The van der Waals surface area contributed by atoms with Crippen LogP contribution in [0, 0.1) is 5.92 Å². The molecule has 2 aromatic carbocycles. The molecule has 1 N–H and O–H groups in total. The number of hydrogen-bond donors (Lipinski definition) is 1. The van der Waals surface area contributed by atoms with Crippen LogP contribution in [-0.4, -0.2) is 19.1 Å². The summed E-state index contributed by atoms with van der Waals surface area (Å²) >= 11 is 0. The van der Waals surface area contributed by atoms with Crippen LogP contribution < -0.4 is 10.1 Å². The highest BCUT2D eigenvalue weighted by molar-refractivity contribution is 5.90. The van der Waals surface area contributed by atoms with Gasteiger partial charge in [-0.25, -0.2) is 0 Å². The molecule has 5 rings (SSSR count). The normalized spacial score (nSPS) is 21.6. The number of carbonyl (C=O) groups is 1. The molecule has 0 saturated heterocycles. The Labute approximate surface area is 152 Å². The predicted molar refractivity (Wildman–Crippen MR) is 100 cm³/mol. The Morgan fingerprint density at radius 3 is 2.81 bits per heavy atom. The highest BCUT2D eigenvalue weighted by Crippen LogP contribution is 2.50. The molecule has 2 aliphatic carbocycles. The van der Waals surface area contributed by atoms with Crippen LogP contribution in [-0.2, 0) is 4.79 Å². The number of furan rings is 1. The minimum atomic E-state index is 0.216. The molecule has 26 heavy (non-hydrogen) atoms. The summed E-state index contributed by atoms with van der Waals surface area (Å²) in [6.45, 7) is 0. The lowest BCUT2D eigenvalue weighted by atomic mass is 10.0. The van der Waals surface area contributed by atoms with E-state index in [9.17, 15) is 4.79 Å². The average Bonchev–Trinajstić information content (AvgIpc) is 3.60. The van der Waals surface area contributed by atoms with Gasteiger partial charge in [0.2, 0.25) is 5.91 Å². The van der Waals surface area contributed by atoms with E-state index in [4.69, 9.17) is 9.15 Å². The summed E-state index contributed by atoms with van der Waals surface area (Å²) in [5, 5.41) is 4.35. The third kappa shape index (κ3) is 2.66. The standard InChI is InChI=1S/C22H21NO3/c1-25-15-6-4-5-14(11-15)21-20(16-7-2-3-8-19(16)26-21)17-12-18(17)23-22(24)13-9-10-13/h2-8,11,13,17-18H,9-10,12H2,1H3,(H,23,24)/t17-,18-/m1/s1. The summed E-state index contributed by atoms with van der Waals surface area (Å²) in [7, 11) is 1.67. The maximum Gasteiger partial charge on any atom is 0.223 e. The zero-order valence-electron chi connectivity index (χ0n) is 14.7. The Hall–Kier alpha value is -2.75. The summed E-state index contributed by atoms with van der Waals surface area (Å²) in [4.78, 5) is 12.1. The molecule has 1 heterocycles. The molecule has 2 aliphatic rings. The van der Waals surface area contributed by atoms with Crippen LogP contribution in [0.1, 0.15) is 30.7 Å². The smallest absolute Gasteiger partial charge is 0.223 e. The van der Waals surface area contributed by atoms with Gasteiger partial charge in [-0.15, -0.1) is 0 Å². The van der Waals surface area contributed by atoms with Crippen LogP contribution in [0.3, 0.4) is 0 Å². The number of hydrogen-bond acceptors (Lipinski definition) is 3. The Morgan fingerprint density at radius 1 is 1.15 bits per heavy atom. The largest absolute Gasteiger partial charge is 0.497 e. The minimum Gasteiger partial charge on any atom is -0.497 e. The van der Waals surface area contributed by atoms with Crippen molar-refractivity contribution in [2.45, 2.75) is 31.2 Å². The summed E-state index contributed by atoms with van der Waals surface area (Å²) in [5.41, 5.74) is 3.10. The zero-order chi connectivity index (χ0) is 17.7. The number of fused-ring (bicyclic) bond motifs is 1. The van der Waals surface area contributed by atoms with Crippen LogP contribution in [0.15, 0.2) is 52.9 Å². The van der Waals surface area contributed by atoms with Crippen molar-refractivity contribution in [2.75, 3.05) is 7.11 Å². The van der Waals surface area contributed by atoms with Gasteiger partial charge < -0.3 is 14.5 Å². The molecule has 1 aromatic heterocycles. The molecule has 2 atom stereocenters. The van der Waals surface area contributed by atoms with Gasteiger partial charge in [0.25, 0.3) is 0 Å². The molecule has 0 radical (unpaired) electrons. The van der Waals surface area contributed by atoms with E-state index in [1.165, 1.54) is 5.56 Å².